The first-order valence-electron chi connectivity index (χ1n) is 12.3. The van der Waals surface area contributed by atoms with Crippen molar-refractivity contribution in [2.24, 2.45) is 0 Å². The van der Waals surface area contributed by atoms with Crippen LogP contribution in [0.15, 0.2) is 66.7 Å². The Balaban J connectivity index is 1.46. The lowest BCUT2D eigenvalue weighted by atomic mass is 10.1. The predicted molar refractivity (Wildman–Crippen MR) is 145 cm³/mol. The third-order valence-electron chi connectivity index (χ3n) is 6.33. The summed E-state index contributed by atoms with van der Waals surface area (Å²) in [7, 11) is 0. The number of fused-ring (bicyclic) bond motifs is 1. The van der Waals surface area contributed by atoms with Crippen LogP contribution < -0.4 is 9.47 Å². The van der Waals surface area contributed by atoms with E-state index in [1.54, 1.807) is 0 Å². The monoisotopic (exact) mass is 521 g/mol. The standard InChI is InChI=1S/C29H29Cl2N3O2/c1-2-3-12-24-25(33-29(32-24)21-8-5-4-6-9-21)18-34(17-22-10-7-11-23(30)28(22)31)16-20-13-14-26-27(15-20)36-19-35-26/h4-11,13-15H,2-3,12,16-19H2,1H3,(H,32,33). The van der Waals surface area contributed by atoms with Gasteiger partial charge >= 0.3 is 0 Å². The first-order chi connectivity index (χ1) is 17.6. The predicted octanol–water partition coefficient (Wildman–Crippen LogP) is 7.66. The number of hydrogen-bond donors (Lipinski definition) is 1. The molecule has 0 bridgehead atoms. The van der Waals surface area contributed by atoms with Crippen LogP contribution in [-0.2, 0) is 26.1 Å². The van der Waals surface area contributed by atoms with Gasteiger partial charge in [-0.2, -0.15) is 0 Å². The Bertz CT molecular complexity index is 1320. The number of unbranched alkanes of at least 4 members (excludes halogenated alkanes) is 1. The van der Waals surface area contributed by atoms with Crippen molar-refractivity contribution in [3.63, 3.8) is 0 Å². The van der Waals surface area contributed by atoms with Crippen LogP contribution in [0.3, 0.4) is 0 Å². The molecule has 1 N–H and O–H groups in total. The molecule has 2 heterocycles. The number of halogens is 2. The highest BCUT2D eigenvalue weighted by Crippen LogP contribution is 2.34. The number of imidazole rings is 1. The number of aryl methyl sites for hydroxylation is 1. The molecule has 5 rings (SSSR count). The lowest BCUT2D eigenvalue weighted by molar-refractivity contribution is 0.174. The molecule has 0 saturated heterocycles. The summed E-state index contributed by atoms with van der Waals surface area (Å²) >= 11 is 12.9. The second-order valence-corrected chi connectivity index (χ2v) is 9.81. The molecule has 0 aliphatic carbocycles. The first kappa shape index (κ1) is 24.7. The molecule has 7 heteroatoms. The zero-order valence-electron chi connectivity index (χ0n) is 20.3. The third-order valence-corrected chi connectivity index (χ3v) is 7.19. The molecule has 0 fully saturated rings. The van der Waals surface area contributed by atoms with Crippen LogP contribution in [0.25, 0.3) is 11.4 Å². The minimum Gasteiger partial charge on any atom is -0.454 e. The van der Waals surface area contributed by atoms with Gasteiger partial charge in [-0.25, -0.2) is 4.98 Å². The molecule has 3 aromatic carbocycles. The van der Waals surface area contributed by atoms with E-state index in [-0.39, 0.29) is 6.79 Å². The number of aromatic amines is 1. The summed E-state index contributed by atoms with van der Waals surface area (Å²) in [6.45, 7) is 4.50. The summed E-state index contributed by atoms with van der Waals surface area (Å²) in [5.41, 5.74) is 5.45. The highest BCUT2D eigenvalue weighted by Gasteiger charge is 2.19. The molecule has 0 atom stereocenters. The second-order valence-electron chi connectivity index (χ2n) is 9.03. The van der Waals surface area contributed by atoms with Crippen molar-refractivity contribution >= 4 is 23.2 Å². The zero-order chi connectivity index (χ0) is 24.9. The number of ether oxygens (including phenoxy) is 2. The van der Waals surface area contributed by atoms with Crippen molar-refractivity contribution in [2.75, 3.05) is 6.79 Å². The number of H-pyrrole nitrogens is 1. The summed E-state index contributed by atoms with van der Waals surface area (Å²) in [6, 6.07) is 22.2. The van der Waals surface area contributed by atoms with E-state index in [4.69, 9.17) is 37.7 Å². The Kier molecular flexibility index (Phi) is 7.81. The fraction of sp³-hybridized carbons (Fsp3) is 0.276. The van der Waals surface area contributed by atoms with Gasteiger partial charge < -0.3 is 14.5 Å². The van der Waals surface area contributed by atoms with Gasteiger partial charge in [0.1, 0.15) is 5.82 Å². The molecular weight excluding hydrogens is 493 g/mol. The molecule has 0 saturated carbocycles. The largest absolute Gasteiger partial charge is 0.454 e. The lowest BCUT2D eigenvalue weighted by Gasteiger charge is -2.23. The number of nitrogens with zero attached hydrogens (tertiary/aromatic N) is 2. The number of benzene rings is 3. The van der Waals surface area contributed by atoms with Gasteiger partial charge in [0.2, 0.25) is 6.79 Å². The molecule has 1 aliphatic heterocycles. The fourth-order valence-corrected chi connectivity index (χ4v) is 4.84. The molecule has 0 spiro atoms. The number of nitrogens with one attached hydrogen (secondary N) is 1. The van der Waals surface area contributed by atoms with E-state index < -0.39 is 0 Å². The first-order valence-corrected chi connectivity index (χ1v) is 13.0. The Morgan fingerprint density at radius 1 is 0.917 bits per heavy atom. The van der Waals surface area contributed by atoms with Crippen LogP contribution in [0.2, 0.25) is 10.0 Å². The van der Waals surface area contributed by atoms with Crippen LogP contribution >= 0.6 is 23.2 Å². The van der Waals surface area contributed by atoms with Crippen molar-refractivity contribution in [1.82, 2.24) is 14.9 Å². The Labute approximate surface area is 222 Å². The molecule has 1 aliphatic rings. The zero-order valence-corrected chi connectivity index (χ0v) is 21.8. The van der Waals surface area contributed by atoms with Crippen LogP contribution in [0.5, 0.6) is 11.5 Å². The maximum atomic E-state index is 6.59. The molecule has 0 radical (unpaired) electrons. The normalized spacial score (nSPS) is 12.4. The fourth-order valence-electron chi connectivity index (χ4n) is 4.46. The summed E-state index contributed by atoms with van der Waals surface area (Å²) in [5.74, 6) is 2.47. The second kappa shape index (κ2) is 11.4. The maximum absolute atomic E-state index is 6.59. The van der Waals surface area contributed by atoms with Gasteiger partial charge in [-0.1, -0.05) is 85.1 Å². The third kappa shape index (κ3) is 5.70. The van der Waals surface area contributed by atoms with Crippen LogP contribution in [0.4, 0.5) is 0 Å². The van der Waals surface area contributed by atoms with E-state index in [9.17, 15) is 0 Å². The molecular formula is C29H29Cl2N3O2. The quantitative estimate of drug-likeness (QED) is 0.232. The molecule has 36 heavy (non-hydrogen) atoms. The Morgan fingerprint density at radius 3 is 2.58 bits per heavy atom. The smallest absolute Gasteiger partial charge is 0.231 e. The molecule has 186 valence electrons. The van der Waals surface area contributed by atoms with Crippen LogP contribution in [-0.4, -0.2) is 21.7 Å². The maximum Gasteiger partial charge on any atom is 0.231 e. The molecule has 0 unspecified atom stereocenters. The van der Waals surface area contributed by atoms with Gasteiger partial charge in [0.25, 0.3) is 0 Å². The van der Waals surface area contributed by atoms with Crippen molar-refractivity contribution < 1.29 is 9.47 Å². The Hall–Kier alpha value is -2.99. The van der Waals surface area contributed by atoms with E-state index in [1.807, 2.05) is 42.5 Å². The molecule has 1 aromatic heterocycles. The van der Waals surface area contributed by atoms with Gasteiger partial charge in [0, 0.05) is 25.2 Å². The van der Waals surface area contributed by atoms with Gasteiger partial charge in [-0.05, 0) is 42.2 Å². The van der Waals surface area contributed by atoms with Crippen LogP contribution in [0, 0.1) is 0 Å². The van der Waals surface area contributed by atoms with Gasteiger partial charge in [-0.3, -0.25) is 4.90 Å². The SMILES string of the molecule is CCCCc1nc(-c2ccccc2)[nH]c1CN(Cc1ccc2c(c1)OCO2)Cc1cccc(Cl)c1Cl. The summed E-state index contributed by atoms with van der Waals surface area (Å²) < 4.78 is 11.1. The molecule has 5 nitrogen and oxygen atoms in total. The van der Waals surface area contributed by atoms with E-state index in [1.165, 1.54) is 0 Å². The number of aromatic nitrogens is 2. The summed E-state index contributed by atoms with van der Waals surface area (Å²) in [5, 5.41) is 1.16. The number of rotatable bonds is 10. The van der Waals surface area contributed by atoms with E-state index >= 15 is 0 Å². The molecule has 4 aromatic rings. The lowest BCUT2D eigenvalue weighted by Crippen LogP contribution is -2.23. The average Bonchev–Trinajstić information content (AvgIpc) is 3.52. The van der Waals surface area contributed by atoms with Crippen LogP contribution in [0.1, 0.15) is 42.3 Å². The van der Waals surface area contributed by atoms with E-state index in [2.05, 4.69) is 41.1 Å². The van der Waals surface area contributed by atoms with E-state index in [0.29, 0.717) is 29.7 Å². The van der Waals surface area contributed by atoms with E-state index in [0.717, 1.165) is 64.7 Å². The topological polar surface area (TPSA) is 50.4 Å². The minimum atomic E-state index is 0.262. The van der Waals surface area contributed by atoms with Crippen molar-refractivity contribution in [3.05, 3.63) is 99.3 Å². The summed E-state index contributed by atoms with van der Waals surface area (Å²) in [6.07, 6.45) is 3.14. The molecule has 0 amide bonds. The Morgan fingerprint density at radius 2 is 1.75 bits per heavy atom. The van der Waals surface area contributed by atoms with Gasteiger partial charge in [-0.15, -0.1) is 0 Å². The van der Waals surface area contributed by atoms with Crippen molar-refractivity contribution in [1.29, 1.82) is 0 Å². The van der Waals surface area contributed by atoms with Gasteiger partial charge in [0.15, 0.2) is 11.5 Å². The highest BCUT2D eigenvalue weighted by molar-refractivity contribution is 6.42. The van der Waals surface area contributed by atoms with Crippen molar-refractivity contribution in [2.45, 2.75) is 45.8 Å². The highest BCUT2D eigenvalue weighted by atomic mass is 35.5. The van der Waals surface area contributed by atoms with Gasteiger partial charge in [0.05, 0.1) is 21.4 Å². The summed E-state index contributed by atoms with van der Waals surface area (Å²) in [4.78, 5) is 11.0. The minimum absolute atomic E-state index is 0.262. The number of hydrogen-bond acceptors (Lipinski definition) is 4. The van der Waals surface area contributed by atoms with Crippen molar-refractivity contribution in [3.8, 4) is 22.9 Å². The average molecular weight is 522 g/mol.